The monoisotopic (exact) mass is 293 g/mol. The molecule has 0 N–H and O–H groups in total. The topological polar surface area (TPSA) is 22.0 Å². The maximum atomic E-state index is 12.5. The third kappa shape index (κ3) is 1.77. The maximum absolute atomic E-state index is 12.5. The van der Waals surface area contributed by atoms with Gasteiger partial charge in [0.25, 0.3) is 0 Å². The summed E-state index contributed by atoms with van der Waals surface area (Å²) in [5, 5.41) is 1.20. The van der Waals surface area contributed by atoms with E-state index in [4.69, 9.17) is 0 Å². The summed E-state index contributed by atoms with van der Waals surface area (Å²) < 4.78 is 1.92. The lowest BCUT2D eigenvalue weighted by molar-refractivity contribution is 0.0916. The lowest BCUT2D eigenvalue weighted by Gasteiger charge is -2.18. The van der Waals surface area contributed by atoms with Crippen molar-refractivity contribution >= 4 is 28.6 Å². The van der Waals surface area contributed by atoms with Crippen molar-refractivity contribution in [2.24, 2.45) is 0 Å². The van der Waals surface area contributed by atoms with Gasteiger partial charge in [0, 0.05) is 28.0 Å². The van der Waals surface area contributed by atoms with E-state index in [2.05, 4.69) is 36.4 Å². The summed E-state index contributed by atoms with van der Waals surface area (Å²) >= 11 is 1.85. The minimum absolute atomic E-state index is 0.161. The van der Waals surface area contributed by atoms with E-state index in [0.29, 0.717) is 6.42 Å². The van der Waals surface area contributed by atoms with Crippen LogP contribution in [-0.4, -0.2) is 10.5 Å². The Kier molecular flexibility index (Phi) is 2.89. The van der Waals surface area contributed by atoms with E-state index in [1.54, 1.807) is 0 Å². The molecule has 1 aliphatic heterocycles. The molecule has 0 saturated carbocycles. The van der Waals surface area contributed by atoms with E-state index in [0.717, 1.165) is 17.0 Å². The van der Waals surface area contributed by atoms with Crippen molar-refractivity contribution in [1.82, 2.24) is 4.57 Å². The Bertz CT molecular complexity index is 863. The predicted molar refractivity (Wildman–Crippen MR) is 87.9 cm³/mol. The van der Waals surface area contributed by atoms with Crippen LogP contribution < -0.4 is 0 Å². The van der Waals surface area contributed by atoms with E-state index < -0.39 is 0 Å². The first-order valence-corrected chi connectivity index (χ1v) is 8.17. The van der Waals surface area contributed by atoms with E-state index in [9.17, 15) is 4.79 Å². The van der Waals surface area contributed by atoms with Crippen LogP contribution in [0.4, 0.5) is 0 Å². The number of hydrogen-bond acceptors (Lipinski definition) is 2. The van der Waals surface area contributed by atoms with Crippen LogP contribution in [0.3, 0.4) is 0 Å². The number of hydrogen-bond donors (Lipinski definition) is 0. The third-order valence-electron chi connectivity index (χ3n) is 4.05. The standard InChI is InChI=1S/C18H15NOS/c1-2-17(20)19-15-9-5-3-7-12(15)14-11-21-16-10-6-4-8-13(16)18(14)19/h3-10H,2,11H2,1H3. The van der Waals surface area contributed by atoms with Crippen LogP contribution in [-0.2, 0) is 5.75 Å². The van der Waals surface area contributed by atoms with Crippen molar-refractivity contribution < 1.29 is 4.79 Å². The molecule has 0 saturated heterocycles. The van der Waals surface area contributed by atoms with Crippen LogP contribution in [0.5, 0.6) is 0 Å². The molecule has 0 radical (unpaired) electrons. The van der Waals surface area contributed by atoms with Crippen LogP contribution in [0.2, 0.25) is 0 Å². The Morgan fingerprint density at radius 3 is 2.76 bits per heavy atom. The third-order valence-corrected chi connectivity index (χ3v) is 5.15. The number of para-hydroxylation sites is 1. The molecule has 1 aliphatic rings. The maximum Gasteiger partial charge on any atom is 0.231 e. The second-order valence-corrected chi connectivity index (χ2v) is 6.23. The molecule has 3 heteroatoms. The second-order valence-electron chi connectivity index (χ2n) is 5.21. The smallest absolute Gasteiger partial charge is 0.231 e. The molecule has 0 unspecified atom stereocenters. The second kappa shape index (κ2) is 4.78. The summed E-state index contributed by atoms with van der Waals surface area (Å²) in [5.74, 6) is 1.09. The van der Waals surface area contributed by atoms with Crippen molar-refractivity contribution in [2.45, 2.75) is 24.0 Å². The van der Waals surface area contributed by atoms with Gasteiger partial charge in [-0.05, 0) is 17.7 Å². The average Bonchev–Trinajstić information content (AvgIpc) is 2.89. The van der Waals surface area contributed by atoms with Gasteiger partial charge in [0.05, 0.1) is 11.2 Å². The Labute approximate surface area is 127 Å². The lowest BCUT2D eigenvalue weighted by atomic mass is 10.1. The van der Waals surface area contributed by atoms with Crippen LogP contribution in [0.15, 0.2) is 53.4 Å². The molecule has 104 valence electrons. The molecule has 0 spiro atoms. The molecule has 0 aliphatic carbocycles. The highest BCUT2D eigenvalue weighted by Crippen LogP contribution is 2.45. The van der Waals surface area contributed by atoms with Crippen molar-refractivity contribution in [3.8, 4) is 11.3 Å². The van der Waals surface area contributed by atoms with E-state index >= 15 is 0 Å². The molecule has 4 rings (SSSR count). The van der Waals surface area contributed by atoms with Gasteiger partial charge in [-0.3, -0.25) is 9.36 Å². The molecule has 21 heavy (non-hydrogen) atoms. The molecule has 3 aromatic rings. The summed E-state index contributed by atoms with van der Waals surface area (Å²) in [6.07, 6.45) is 0.514. The first-order valence-electron chi connectivity index (χ1n) is 7.19. The van der Waals surface area contributed by atoms with Gasteiger partial charge < -0.3 is 0 Å². The number of fused-ring (bicyclic) bond motifs is 5. The molecule has 0 bridgehead atoms. The Hall–Kier alpha value is -2.00. The number of benzene rings is 2. The van der Waals surface area contributed by atoms with Gasteiger partial charge in [0.2, 0.25) is 5.91 Å². The first kappa shape index (κ1) is 12.7. The lowest BCUT2D eigenvalue weighted by Crippen LogP contribution is -2.11. The molecule has 0 fully saturated rings. The highest BCUT2D eigenvalue weighted by atomic mass is 32.2. The fourth-order valence-corrected chi connectivity index (χ4v) is 4.18. The van der Waals surface area contributed by atoms with Crippen LogP contribution in [0.1, 0.15) is 23.7 Å². The molecule has 2 aromatic carbocycles. The van der Waals surface area contributed by atoms with Gasteiger partial charge in [-0.15, -0.1) is 11.8 Å². The quantitative estimate of drug-likeness (QED) is 0.632. The summed E-state index contributed by atoms with van der Waals surface area (Å²) in [6.45, 7) is 1.92. The normalized spacial score (nSPS) is 13.0. The Morgan fingerprint density at radius 2 is 1.90 bits per heavy atom. The van der Waals surface area contributed by atoms with Gasteiger partial charge in [-0.25, -0.2) is 0 Å². The zero-order chi connectivity index (χ0) is 14.4. The number of aromatic nitrogens is 1. The number of nitrogens with zero attached hydrogens (tertiary/aromatic N) is 1. The molecular weight excluding hydrogens is 278 g/mol. The molecular formula is C18H15NOS. The van der Waals surface area contributed by atoms with Crippen LogP contribution >= 0.6 is 11.8 Å². The van der Waals surface area contributed by atoms with Gasteiger partial charge in [-0.1, -0.05) is 43.3 Å². The molecule has 0 amide bonds. The van der Waals surface area contributed by atoms with Gasteiger partial charge in [0.15, 0.2) is 0 Å². The van der Waals surface area contributed by atoms with Gasteiger partial charge in [-0.2, -0.15) is 0 Å². The Morgan fingerprint density at radius 1 is 1.14 bits per heavy atom. The highest BCUT2D eigenvalue weighted by molar-refractivity contribution is 7.98. The minimum Gasteiger partial charge on any atom is -0.279 e. The average molecular weight is 293 g/mol. The van der Waals surface area contributed by atoms with Gasteiger partial charge >= 0.3 is 0 Å². The molecule has 2 heterocycles. The zero-order valence-electron chi connectivity index (χ0n) is 11.8. The number of carbonyl (C=O) groups excluding carboxylic acids is 1. The van der Waals surface area contributed by atoms with E-state index in [1.165, 1.54) is 21.4 Å². The zero-order valence-corrected chi connectivity index (χ0v) is 12.6. The predicted octanol–water partition coefficient (Wildman–Crippen LogP) is 4.96. The van der Waals surface area contributed by atoms with Gasteiger partial charge in [0.1, 0.15) is 0 Å². The molecule has 2 nitrogen and oxygen atoms in total. The fourth-order valence-electron chi connectivity index (χ4n) is 3.09. The van der Waals surface area contributed by atoms with Crippen LogP contribution in [0.25, 0.3) is 22.2 Å². The van der Waals surface area contributed by atoms with E-state index in [1.807, 2.05) is 35.4 Å². The van der Waals surface area contributed by atoms with Crippen molar-refractivity contribution in [3.05, 3.63) is 54.1 Å². The van der Waals surface area contributed by atoms with Crippen molar-refractivity contribution in [1.29, 1.82) is 0 Å². The fraction of sp³-hybridized carbons (Fsp3) is 0.167. The summed E-state index contributed by atoms with van der Waals surface area (Å²) in [5.41, 5.74) is 4.60. The summed E-state index contributed by atoms with van der Waals surface area (Å²) in [4.78, 5) is 13.8. The largest absolute Gasteiger partial charge is 0.279 e. The Balaban J connectivity index is 2.15. The van der Waals surface area contributed by atoms with Crippen molar-refractivity contribution in [3.63, 3.8) is 0 Å². The van der Waals surface area contributed by atoms with E-state index in [-0.39, 0.29) is 5.91 Å². The summed E-state index contributed by atoms with van der Waals surface area (Å²) in [7, 11) is 0. The number of carbonyl (C=O) groups is 1. The van der Waals surface area contributed by atoms with Crippen LogP contribution in [0, 0.1) is 0 Å². The SMILES string of the molecule is CCC(=O)n1c2c(c3ccccc31)CSc1ccccc1-2. The first-order chi connectivity index (χ1) is 10.3. The number of thioether (sulfide) groups is 1. The minimum atomic E-state index is 0.161. The highest BCUT2D eigenvalue weighted by Gasteiger charge is 2.26. The van der Waals surface area contributed by atoms with Crippen molar-refractivity contribution in [2.75, 3.05) is 0 Å². The number of rotatable bonds is 1. The molecule has 0 atom stereocenters. The molecule has 1 aromatic heterocycles. The summed E-state index contributed by atoms with van der Waals surface area (Å²) in [6, 6.07) is 16.6.